The molecule has 2 aromatic carbocycles. The smallest absolute Gasteiger partial charge is 0.235 e. The fraction of sp³-hybridized carbons (Fsp3) is 0.167. The molecular weight excluding hydrogens is 352 g/mol. The predicted octanol–water partition coefficient (Wildman–Crippen LogP) is 3.37. The van der Waals surface area contributed by atoms with Gasteiger partial charge in [-0.25, -0.2) is 0 Å². The number of rotatable bonds is 3. The van der Waals surface area contributed by atoms with Gasteiger partial charge in [0.1, 0.15) is 17.4 Å². The van der Waals surface area contributed by atoms with Crippen LogP contribution in [0.5, 0.6) is 17.2 Å². The lowest BCUT2D eigenvalue weighted by molar-refractivity contribution is 0.0836. The Morgan fingerprint density at radius 1 is 1.08 bits per heavy atom. The SMILES string of the molecule is COc1ccc(-c2nn3c([C@@H]4COc5ccccc5O4)nnc3s2)cc1. The van der Waals surface area contributed by atoms with Gasteiger partial charge in [-0.3, -0.25) is 0 Å². The van der Waals surface area contributed by atoms with Crippen LogP contribution in [-0.4, -0.2) is 33.5 Å². The molecule has 0 saturated heterocycles. The number of methoxy groups -OCH3 is 1. The maximum Gasteiger partial charge on any atom is 0.235 e. The van der Waals surface area contributed by atoms with Crippen LogP contribution in [0.2, 0.25) is 0 Å². The Kier molecular flexibility index (Phi) is 3.49. The van der Waals surface area contributed by atoms with Crippen molar-refractivity contribution in [2.45, 2.75) is 6.10 Å². The third kappa shape index (κ3) is 2.46. The molecule has 26 heavy (non-hydrogen) atoms. The molecule has 2 aromatic heterocycles. The second kappa shape index (κ2) is 5.99. The Bertz CT molecular complexity index is 1070. The Hall–Kier alpha value is -3.13. The number of fused-ring (bicyclic) bond motifs is 2. The number of benzene rings is 2. The van der Waals surface area contributed by atoms with E-state index in [1.807, 2.05) is 48.5 Å². The van der Waals surface area contributed by atoms with Gasteiger partial charge >= 0.3 is 0 Å². The van der Waals surface area contributed by atoms with E-state index < -0.39 is 0 Å². The molecule has 3 heterocycles. The zero-order valence-corrected chi connectivity index (χ0v) is 14.6. The lowest BCUT2D eigenvalue weighted by atomic mass is 10.2. The number of nitrogens with zero attached hydrogens (tertiary/aromatic N) is 4. The van der Waals surface area contributed by atoms with E-state index in [0.717, 1.165) is 22.1 Å². The first-order chi connectivity index (χ1) is 12.8. The molecule has 5 rings (SSSR count). The molecule has 0 radical (unpaired) electrons. The molecule has 0 aliphatic carbocycles. The van der Waals surface area contributed by atoms with Crippen molar-refractivity contribution in [2.75, 3.05) is 13.7 Å². The standard InChI is InChI=1S/C18H14N4O3S/c1-23-12-8-6-11(7-9-12)17-21-22-16(19-20-18(22)26-17)15-10-24-13-4-2-3-5-14(13)25-15/h2-9,15H,10H2,1H3/t15-/m0/s1. The summed E-state index contributed by atoms with van der Waals surface area (Å²) in [5.74, 6) is 2.88. The highest BCUT2D eigenvalue weighted by Crippen LogP contribution is 2.36. The van der Waals surface area contributed by atoms with Crippen LogP contribution in [0, 0.1) is 0 Å². The van der Waals surface area contributed by atoms with E-state index in [2.05, 4.69) is 15.3 Å². The minimum atomic E-state index is -0.356. The molecule has 0 bridgehead atoms. The monoisotopic (exact) mass is 366 g/mol. The summed E-state index contributed by atoms with van der Waals surface area (Å²) in [6.07, 6.45) is -0.356. The van der Waals surface area contributed by atoms with Crippen LogP contribution in [-0.2, 0) is 0 Å². The fourth-order valence-corrected chi connectivity index (χ4v) is 3.68. The fourth-order valence-electron chi connectivity index (χ4n) is 2.83. The van der Waals surface area contributed by atoms with Crippen LogP contribution in [0.3, 0.4) is 0 Å². The van der Waals surface area contributed by atoms with E-state index in [9.17, 15) is 0 Å². The van der Waals surface area contributed by atoms with Crippen LogP contribution in [0.1, 0.15) is 11.9 Å². The van der Waals surface area contributed by atoms with Gasteiger partial charge in [-0.05, 0) is 36.4 Å². The van der Waals surface area contributed by atoms with Crippen LogP contribution in [0.25, 0.3) is 15.5 Å². The summed E-state index contributed by atoms with van der Waals surface area (Å²) in [5.41, 5.74) is 0.999. The van der Waals surface area contributed by atoms with Crippen molar-refractivity contribution in [3.63, 3.8) is 0 Å². The van der Waals surface area contributed by atoms with Gasteiger partial charge in [-0.2, -0.15) is 9.61 Å². The number of aromatic nitrogens is 4. The van der Waals surface area contributed by atoms with Gasteiger partial charge in [0, 0.05) is 5.56 Å². The highest BCUT2D eigenvalue weighted by atomic mass is 32.1. The minimum absolute atomic E-state index is 0.356. The second-order valence-electron chi connectivity index (χ2n) is 5.75. The molecule has 130 valence electrons. The zero-order valence-electron chi connectivity index (χ0n) is 13.8. The molecule has 1 atom stereocenters. The van der Waals surface area contributed by atoms with E-state index in [1.165, 1.54) is 11.3 Å². The summed E-state index contributed by atoms with van der Waals surface area (Å²) in [4.78, 5) is 0.716. The predicted molar refractivity (Wildman–Crippen MR) is 96.0 cm³/mol. The lowest BCUT2D eigenvalue weighted by Crippen LogP contribution is -2.23. The highest BCUT2D eigenvalue weighted by Gasteiger charge is 2.28. The maximum atomic E-state index is 6.03. The first-order valence-electron chi connectivity index (χ1n) is 8.07. The maximum absolute atomic E-state index is 6.03. The van der Waals surface area contributed by atoms with Crippen LogP contribution in [0.15, 0.2) is 48.5 Å². The molecule has 0 saturated carbocycles. The molecular formula is C18H14N4O3S. The highest BCUT2D eigenvalue weighted by molar-refractivity contribution is 7.19. The topological polar surface area (TPSA) is 70.8 Å². The second-order valence-corrected chi connectivity index (χ2v) is 6.71. The molecule has 0 amide bonds. The normalized spacial score (nSPS) is 16.0. The van der Waals surface area contributed by atoms with Crippen molar-refractivity contribution in [1.82, 2.24) is 19.8 Å². The zero-order chi connectivity index (χ0) is 17.5. The van der Waals surface area contributed by atoms with E-state index >= 15 is 0 Å². The molecule has 0 N–H and O–H groups in total. The molecule has 0 spiro atoms. The van der Waals surface area contributed by atoms with Gasteiger partial charge in [-0.15, -0.1) is 10.2 Å². The number of hydrogen-bond acceptors (Lipinski definition) is 7. The van der Waals surface area contributed by atoms with Crippen LogP contribution < -0.4 is 14.2 Å². The molecule has 8 heteroatoms. The Balaban J connectivity index is 1.49. The summed E-state index contributed by atoms with van der Waals surface area (Å²) < 4.78 is 18.7. The van der Waals surface area contributed by atoms with Crippen LogP contribution >= 0.6 is 11.3 Å². The summed E-state index contributed by atoms with van der Waals surface area (Å²) in [5, 5.41) is 14.0. The lowest BCUT2D eigenvalue weighted by Gasteiger charge is -2.24. The van der Waals surface area contributed by atoms with E-state index in [1.54, 1.807) is 11.6 Å². The Morgan fingerprint density at radius 3 is 2.69 bits per heavy atom. The quantitative estimate of drug-likeness (QED) is 0.554. The average molecular weight is 366 g/mol. The van der Waals surface area contributed by atoms with Crippen molar-refractivity contribution in [3.8, 4) is 27.8 Å². The third-order valence-electron chi connectivity index (χ3n) is 4.15. The summed E-state index contributed by atoms with van der Waals surface area (Å²) >= 11 is 1.48. The summed E-state index contributed by atoms with van der Waals surface area (Å²) in [6.45, 7) is 0.368. The minimum Gasteiger partial charge on any atom is -0.497 e. The first-order valence-corrected chi connectivity index (χ1v) is 8.88. The summed E-state index contributed by atoms with van der Waals surface area (Å²) in [7, 11) is 1.65. The van der Waals surface area contributed by atoms with Crippen molar-refractivity contribution in [1.29, 1.82) is 0 Å². The van der Waals surface area contributed by atoms with E-state index in [-0.39, 0.29) is 6.10 Å². The van der Waals surface area contributed by atoms with Gasteiger partial charge in [0.15, 0.2) is 23.4 Å². The summed E-state index contributed by atoms with van der Waals surface area (Å²) in [6, 6.07) is 15.4. The molecule has 7 nitrogen and oxygen atoms in total. The number of ether oxygens (including phenoxy) is 3. The molecule has 0 unspecified atom stereocenters. The van der Waals surface area contributed by atoms with Crippen molar-refractivity contribution in [2.24, 2.45) is 0 Å². The Morgan fingerprint density at radius 2 is 1.88 bits per heavy atom. The van der Waals surface area contributed by atoms with Crippen molar-refractivity contribution < 1.29 is 14.2 Å². The van der Waals surface area contributed by atoms with Gasteiger partial charge < -0.3 is 14.2 Å². The average Bonchev–Trinajstić information content (AvgIpc) is 3.28. The number of para-hydroxylation sites is 2. The van der Waals surface area contributed by atoms with Crippen molar-refractivity contribution >= 4 is 16.3 Å². The van der Waals surface area contributed by atoms with Gasteiger partial charge in [0.2, 0.25) is 4.96 Å². The van der Waals surface area contributed by atoms with E-state index in [0.29, 0.717) is 23.1 Å². The van der Waals surface area contributed by atoms with Crippen molar-refractivity contribution in [3.05, 3.63) is 54.4 Å². The van der Waals surface area contributed by atoms with Gasteiger partial charge in [0.25, 0.3) is 0 Å². The third-order valence-corrected chi connectivity index (χ3v) is 5.10. The molecule has 0 fully saturated rings. The Labute approximate surface area is 152 Å². The molecule has 4 aromatic rings. The number of hydrogen-bond donors (Lipinski definition) is 0. The first kappa shape index (κ1) is 15.2. The largest absolute Gasteiger partial charge is 0.497 e. The van der Waals surface area contributed by atoms with Gasteiger partial charge in [0.05, 0.1) is 7.11 Å². The van der Waals surface area contributed by atoms with Crippen LogP contribution in [0.4, 0.5) is 0 Å². The molecule has 1 aliphatic heterocycles. The van der Waals surface area contributed by atoms with Gasteiger partial charge in [-0.1, -0.05) is 23.5 Å². The molecule has 1 aliphatic rings. The van der Waals surface area contributed by atoms with E-state index in [4.69, 9.17) is 14.2 Å².